The lowest BCUT2D eigenvalue weighted by atomic mass is 10.1. The summed E-state index contributed by atoms with van der Waals surface area (Å²) in [5.41, 5.74) is 10.0. The van der Waals surface area contributed by atoms with Crippen molar-refractivity contribution in [3.8, 4) is 0 Å². The molecule has 20 heavy (non-hydrogen) atoms. The van der Waals surface area contributed by atoms with Crippen LogP contribution in [0.15, 0.2) is 18.2 Å². The van der Waals surface area contributed by atoms with Crippen LogP contribution >= 0.6 is 11.3 Å². The largest absolute Gasteiger partial charge is 0.397 e. The van der Waals surface area contributed by atoms with E-state index >= 15 is 0 Å². The summed E-state index contributed by atoms with van der Waals surface area (Å²) < 4.78 is 0. The van der Waals surface area contributed by atoms with Crippen LogP contribution in [0.3, 0.4) is 0 Å². The summed E-state index contributed by atoms with van der Waals surface area (Å²) in [6, 6.07) is 2.10. The van der Waals surface area contributed by atoms with Gasteiger partial charge in [0.05, 0.1) is 5.69 Å². The predicted molar refractivity (Wildman–Crippen MR) is 83.2 cm³/mol. The summed E-state index contributed by atoms with van der Waals surface area (Å²) >= 11 is 1.37. The SMILES string of the molecule is C=C(C)CNC(=O)c1sc2nc3c(cc2c1N)CCC3. The number of carbonyl (C=O) groups excluding carboxylic acids is 1. The molecule has 0 unspecified atom stereocenters. The summed E-state index contributed by atoms with van der Waals surface area (Å²) in [7, 11) is 0. The maximum absolute atomic E-state index is 12.1. The van der Waals surface area contributed by atoms with Crippen molar-refractivity contribution in [3.05, 3.63) is 34.4 Å². The number of anilines is 1. The van der Waals surface area contributed by atoms with Crippen LogP contribution in [0.25, 0.3) is 10.2 Å². The fourth-order valence-electron chi connectivity index (χ4n) is 2.48. The highest BCUT2D eigenvalue weighted by atomic mass is 32.1. The molecule has 0 saturated heterocycles. The monoisotopic (exact) mass is 287 g/mol. The number of carbonyl (C=O) groups is 1. The Morgan fingerprint density at radius 1 is 1.55 bits per heavy atom. The van der Waals surface area contributed by atoms with E-state index < -0.39 is 0 Å². The van der Waals surface area contributed by atoms with Gasteiger partial charge in [-0.05, 0) is 37.8 Å². The van der Waals surface area contributed by atoms with Crippen molar-refractivity contribution in [1.82, 2.24) is 10.3 Å². The van der Waals surface area contributed by atoms with Crippen molar-refractivity contribution in [2.75, 3.05) is 12.3 Å². The van der Waals surface area contributed by atoms with Crippen molar-refractivity contribution in [3.63, 3.8) is 0 Å². The van der Waals surface area contributed by atoms with E-state index in [1.54, 1.807) is 0 Å². The van der Waals surface area contributed by atoms with Gasteiger partial charge in [-0.25, -0.2) is 4.98 Å². The minimum atomic E-state index is -0.145. The van der Waals surface area contributed by atoms with E-state index in [2.05, 4.69) is 22.9 Å². The molecule has 3 rings (SSSR count). The van der Waals surface area contributed by atoms with Crippen molar-refractivity contribution in [2.45, 2.75) is 26.2 Å². The summed E-state index contributed by atoms with van der Waals surface area (Å²) in [6.45, 7) is 6.12. The number of fused-ring (bicyclic) bond motifs is 2. The van der Waals surface area contributed by atoms with Crippen molar-refractivity contribution >= 4 is 33.1 Å². The highest BCUT2D eigenvalue weighted by molar-refractivity contribution is 7.21. The van der Waals surface area contributed by atoms with Crippen LogP contribution in [0.2, 0.25) is 0 Å². The Balaban J connectivity index is 1.99. The Morgan fingerprint density at radius 2 is 2.35 bits per heavy atom. The molecule has 2 heterocycles. The van der Waals surface area contributed by atoms with Crippen LogP contribution in [0, 0.1) is 0 Å². The fourth-order valence-corrected chi connectivity index (χ4v) is 3.49. The van der Waals surface area contributed by atoms with Crippen LogP contribution in [0.5, 0.6) is 0 Å². The second-order valence-electron chi connectivity index (χ2n) is 5.29. The van der Waals surface area contributed by atoms with E-state index in [0.29, 0.717) is 17.1 Å². The minimum Gasteiger partial charge on any atom is -0.397 e. The van der Waals surface area contributed by atoms with E-state index in [1.807, 2.05) is 6.92 Å². The van der Waals surface area contributed by atoms with Gasteiger partial charge in [-0.3, -0.25) is 4.79 Å². The first-order chi connectivity index (χ1) is 9.56. The number of hydrogen-bond acceptors (Lipinski definition) is 4. The molecule has 0 saturated carbocycles. The summed E-state index contributed by atoms with van der Waals surface area (Å²) in [5, 5.41) is 3.73. The average molecular weight is 287 g/mol. The third kappa shape index (κ3) is 2.18. The molecule has 2 aromatic heterocycles. The molecule has 4 nitrogen and oxygen atoms in total. The summed E-state index contributed by atoms with van der Waals surface area (Å²) in [4.78, 5) is 18.2. The summed E-state index contributed by atoms with van der Waals surface area (Å²) in [6.07, 6.45) is 3.25. The quantitative estimate of drug-likeness (QED) is 0.853. The number of aromatic nitrogens is 1. The molecule has 2 aromatic rings. The lowest BCUT2D eigenvalue weighted by Crippen LogP contribution is -2.24. The first kappa shape index (κ1) is 13.1. The fraction of sp³-hybridized carbons (Fsp3) is 0.333. The number of aryl methyl sites for hydroxylation is 2. The van der Waals surface area contributed by atoms with Crippen molar-refractivity contribution in [1.29, 1.82) is 0 Å². The Labute approximate surface area is 121 Å². The highest BCUT2D eigenvalue weighted by Gasteiger charge is 2.20. The molecule has 0 radical (unpaired) electrons. The number of nitrogens with one attached hydrogen (secondary N) is 1. The van der Waals surface area contributed by atoms with Gasteiger partial charge in [0.2, 0.25) is 0 Å². The third-order valence-electron chi connectivity index (χ3n) is 3.51. The standard InChI is InChI=1S/C15H17N3OS/c1-8(2)7-17-14(19)13-12(16)10-6-9-4-3-5-11(9)18-15(10)20-13/h6H,1,3-5,7,16H2,2H3,(H,17,19). The zero-order valence-corrected chi connectivity index (χ0v) is 12.3. The topological polar surface area (TPSA) is 68.0 Å². The Kier molecular flexibility index (Phi) is 3.22. The molecule has 1 aliphatic rings. The number of nitrogens with two attached hydrogens (primary N) is 1. The lowest BCUT2D eigenvalue weighted by Gasteiger charge is -2.03. The van der Waals surface area contributed by atoms with Gasteiger partial charge in [0, 0.05) is 17.6 Å². The van der Waals surface area contributed by atoms with Gasteiger partial charge in [-0.2, -0.15) is 0 Å². The second kappa shape index (κ2) is 4.90. The van der Waals surface area contributed by atoms with Gasteiger partial charge in [-0.15, -0.1) is 11.3 Å². The Bertz CT molecular complexity index is 717. The molecule has 0 spiro atoms. The Hall–Kier alpha value is -1.88. The minimum absolute atomic E-state index is 0.145. The molecule has 0 aliphatic heterocycles. The van der Waals surface area contributed by atoms with Gasteiger partial charge in [0.25, 0.3) is 5.91 Å². The molecular formula is C15H17N3OS. The predicted octanol–water partition coefficient (Wildman–Crippen LogP) is 2.67. The number of pyridine rings is 1. The zero-order chi connectivity index (χ0) is 14.3. The van der Waals surface area contributed by atoms with E-state index in [0.717, 1.165) is 40.7 Å². The molecule has 0 aromatic carbocycles. The van der Waals surface area contributed by atoms with E-state index in [4.69, 9.17) is 5.73 Å². The van der Waals surface area contributed by atoms with Crippen LogP contribution < -0.4 is 11.1 Å². The van der Waals surface area contributed by atoms with Crippen LogP contribution in [0.1, 0.15) is 34.3 Å². The van der Waals surface area contributed by atoms with E-state index in [-0.39, 0.29) is 5.91 Å². The van der Waals surface area contributed by atoms with Gasteiger partial charge in [-0.1, -0.05) is 12.2 Å². The number of amides is 1. The van der Waals surface area contributed by atoms with Gasteiger partial charge in [0.1, 0.15) is 9.71 Å². The van der Waals surface area contributed by atoms with Gasteiger partial charge in [0.15, 0.2) is 0 Å². The van der Waals surface area contributed by atoms with Gasteiger partial charge >= 0.3 is 0 Å². The zero-order valence-electron chi connectivity index (χ0n) is 11.5. The lowest BCUT2D eigenvalue weighted by molar-refractivity contribution is 0.0962. The van der Waals surface area contributed by atoms with Crippen LogP contribution in [-0.2, 0) is 12.8 Å². The number of thiophene rings is 1. The summed E-state index contributed by atoms with van der Waals surface area (Å²) in [5.74, 6) is -0.145. The first-order valence-corrected chi connectivity index (χ1v) is 7.51. The van der Waals surface area contributed by atoms with E-state index in [9.17, 15) is 4.79 Å². The first-order valence-electron chi connectivity index (χ1n) is 6.69. The second-order valence-corrected chi connectivity index (χ2v) is 6.28. The molecule has 0 bridgehead atoms. The normalized spacial score (nSPS) is 13.4. The van der Waals surface area contributed by atoms with Crippen molar-refractivity contribution < 1.29 is 4.79 Å². The van der Waals surface area contributed by atoms with Crippen molar-refractivity contribution in [2.24, 2.45) is 0 Å². The molecule has 1 amide bonds. The smallest absolute Gasteiger partial charge is 0.263 e. The van der Waals surface area contributed by atoms with Crippen LogP contribution in [-0.4, -0.2) is 17.4 Å². The van der Waals surface area contributed by atoms with Crippen LogP contribution in [0.4, 0.5) is 5.69 Å². The molecule has 1 aliphatic carbocycles. The maximum atomic E-state index is 12.1. The maximum Gasteiger partial charge on any atom is 0.263 e. The number of nitrogens with zero attached hydrogens (tertiary/aromatic N) is 1. The van der Waals surface area contributed by atoms with Gasteiger partial charge < -0.3 is 11.1 Å². The molecule has 5 heteroatoms. The highest BCUT2D eigenvalue weighted by Crippen LogP contribution is 2.35. The number of rotatable bonds is 3. The molecule has 0 fully saturated rings. The molecular weight excluding hydrogens is 270 g/mol. The average Bonchev–Trinajstić information content (AvgIpc) is 2.98. The molecule has 104 valence electrons. The number of nitrogen functional groups attached to an aromatic ring is 1. The third-order valence-corrected chi connectivity index (χ3v) is 4.62. The number of hydrogen-bond donors (Lipinski definition) is 2. The molecule has 3 N–H and O–H groups in total. The van der Waals surface area contributed by atoms with E-state index in [1.165, 1.54) is 16.9 Å². The molecule has 0 atom stereocenters. The Morgan fingerprint density at radius 3 is 3.10 bits per heavy atom.